The lowest BCUT2D eigenvalue weighted by atomic mass is 9.99. The van der Waals surface area contributed by atoms with E-state index in [2.05, 4.69) is 34.7 Å². The molecular formula is C25H31N5O4S. The van der Waals surface area contributed by atoms with Gasteiger partial charge in [0.15, 0.2) is 0 Å². The SMILES string of the molecule is CNC(=O)c1c(NCC(C)C)sc(Cc2c(-c3ccccc3)n[nH]c2C)c1C(=O)N1C[C@H](O)CO1. The Balaban J connectivity index is 1.82. The Labute approximate surface area is 208 Å². The Hall–Kier alpha value is -3.21. The number of carbonyl (C=O) groups excluding carboxylic acids is 2. The van der Waals surface area contributed by atoms with E-state index >= 15 is 0 Å². The fourth-order valence-electron chi connectivity index (χ4n) is 3.99. The van der Waals surface area contributed by atoms with Gasteiger partial charge in [0.25, 0.3) is 11.8 Å². The third-order valence-electron chi connectivity index (χ3n) is 5.80. The van der Waals surface area contributed by atoms with E-state index in [0.717, 1.165) is 32.5 Å². The topological polar surface area (TPSA) is 120 Å². The van der Waals surface area contributed by atoms with Crippen LogP contribution in [0.25, 0.3) is 11.3 Å². The van der Waals surface area contributed by atoms with E-state index in [1.807, 2.05) is 37.3 Å². The Bertz CT molecular complexity index is 1200. The van der Waals surface area contributed by atoms with Gasteiger partial charge in [-0.1, -0.05) is 44.2 Å². The van der Waals surface area contributed by atoms with Crippen molar-refractivity contribution in [1.29, 1.82) is 0 Å². The van der Waals surface area contributed by atoms with Gasteiger partial charge < -0.3 is 15.7 Å². The zero-order valence-corrected chi connectivity index (χ0v) is 21.2. The molecule has 0 radical (unpaired) electrons. The summed E-state index contributed by atoms with van der Waals surface area (Å²) in [6, 6.07) is 9.84. The molecule has 3 aromatic rings. The molecule has 0 spiro atoms. The van der Waals surface area contributed by atoms with Crippen LogP contribution in [-0.4, -0.2) is 65.0 Å². The highest BCUT2D eigenvalue weighted by Gasteiger charge is 2.35. The summed E-state index contributed by atoms with van der Waals surface area (Å²) < 4.78 is 0. The first-order valence-corrected chi connectivity index (χ1v) is 12.5. The second-order valence-corrected chi connectivity index (χ2v) is 10.1. The molecule has 1 fully saturated rings. The van der Waals surface area contributed by atoms with Gasteiger partial charge in [0.05, 0.1) is 23.4 Å². The molecule has 1 aliphatic heterocycles. The normalized spacial score (nSPS) is 15.6. The number of aromatic amines is 1. The molecule has 2 amide bonds. The number of nitrogens with zero attached hydrogens (tertiary/aromatic N) is 2. The summed E-state index contributed by atoms with van der Waals surface area (Å²) >= 11 is 1.39. The maximum absolute atomic E-state index is 13.6. The second kappa shape index (κ2) is 10.6. The number of aryl methyl sites for hydroxylation is 1. The number of hydrogen-bond donors (Lipinski definition) is 4. The number of thiophene rings is 1. The third kappa shape index (κ3) is 5.24. The molecule has 1 atom stereocenters. The van der Waals surface area contributed by atoms with E-state index in [1.165, 1.54) is 11.3 Å². The molecule has 186 valence electrons. The van der Waals surface area contributed by atoms with Crippen LogP contribution in [0, 0.1) is 12.8 Å². The summed E-state index contributed by atoms with van der Waals surface area (Å²) in [5, 5.41) is 25.3. The molecular weight excluding hydrogens is 466 g/mol. The van der Waals surface area contributed by atoms with E-state index in [4.69, 9.17) is 4.84 Å². The molecule has 1 aromatic carbocycles. The largest absolute Gasteiger partial charge is 0.389 e. The number of hydroxylamine groups is 2. The van der Waals surface area contributed by atoms with Gasteiger partial charge in [-0.2, -0.15) is 5.10 Å². The van der Waals surface area contributed by atoms with Crippen molar-refractivity contribution in [2.75, 3.05) is 32.1 Å². The summed E-state index contributed by atoms with van der Waals surface area (Å²) in [6.45, 7) is 6.84. The number of rotatable bonds is 8. The first-order chi connectivity index (χ1) is 16.8. The lowest BCUT2D eigenvalue weighted by Crippen LogP contribution is -2.31. The summed E-state index contributed by atoms with van der Waals surface area (Å²) in [7, 11) is 1.55. The molecule has 1 aliphatic rings. The summed E-state index contributed by atoms with van der Waals surface area (Å²) in [4.78, 5) is 32.8. The number of amides is 2. The van der Waals surface area contributed by atoms with E-state index in [1.54, 1.807) is 7.05 Å². The van der Waals surface area contributed by atoms with Gasteiger partial charge in [-0.25, -0.2) is 5.06 Å². The Morgan fingerprint density at radius 2 is 2.03 bits per heavy atom. The molecule has 4 rings (SSSR count). The predicted molar refractivity (Wildman–Crippen MR) is 136 cm³/mol. The molecule has 0 saturated carbocycles. The van der Waals surface area contributed by atoms with Gasteiger partial charge in [0.2, 0.25) is 0 Å². The van der Waals surface area contributed by atoms with Crippen LogP contribution >= 0.6 is 11.3 Å². The van der Waals surface area contributed by atoms with E-state index in [9.17, 15) is 14.7 Å². The van der Waals surface area contributed by atoms with Crippen LogP contribution in [0.2, 0.25) is 0 Å². The van der Waals surface area contributed by atoms with Gasteiger partial charge >= 0.3 is 0 Å². The zero-order valence-electron chi connectivity index (χ0n) is 20.3. The smallest absolute Gasteiger partial charge is 0.279 e. The maximum Gasteiger partial charge on any atom is 0.279 e. The van der Waals surface area contributed by atoms with Crippen molar-refractivity contribution in [1.82, 2.24) is 20.6 Å². The number of hydrogen-bond acceptors (Lipinski definition) is 7. The van der Waals surface area contributed by atoms with Crippen molar-refractivity contribution in [3.63, 3.8) is 0 Å². The first kappa shape index (κ1) is 24.9. The number of H-pyrrole nitrogens is 1. The van der Waals surface area contributed by atoms with Gasteiger partial charge in [-0.05, 0) is 12.8 Å². The highest BCUT2D eigenvalue weighted by Crippen LogP contribution is 2.38. The van der Waals surface area contributed by atoms with Crippen LogP contribution in [-0.2, 0) is 11.3 Å². The lowest BCUT2D eigenvalue weighted by Gasteiger charge is -2.16. The summed E-state index contributed by atoms with van der Waals surface area (Å²) in [6.07, 6.45) is -0.356. The van der Waals surface area contributed by atoms with Gasteiger partial charge in [-0.3, -0.25) is 19.5 Å². The zero-order chi connectivity index (χ0) is 25.1. The molecule has 3 heterocycles. The second-order valence-electron chi connectivity index (χ2n) is 8.99. The molecule has 4 N–H and O–H groups in total. The number of nitrogens with one attached hydrogen (secondary N) is 3. The van der Waals surface area contributed by atoms with Crippen LogP contribution in [0.15, 0.2) is 30.3 Å². The summed E-state index contributed by atoms with van der Waals surface area (Å²) in [5.41, 5.74) is 4.20. The number of anilines is 1. The number of benzene rings is 1. The monoisotopic (exact) mass is 497 g/mol. The molecule has 2 aromatic heterocycles. The molecule has 9 nitrogen and oxygen atoms in total. The van der Waals surface area contributed by atoms with E-state index in [0.29, 0.717) is 29.4 Å². The number of carbonyl (C=O) groups is 2. The average Bonchev–Trinajstić information content (AvgIpc) is 3.55. The number of β-amino-alcohol motifs (C(OH)–C–C–N with tert-alkyl or cyclic N) is 1. The quantitative estimate of drug-likeness (QED) is 0.379. The lowest BCUT2D eigenvalue weighted by molar-refractivity contribution is -0.0780. The fraction of sp³-hybridized carbons (Fsp3) is 0.400. The van der Waals surface area contributed by atoms with Crippen LogP contribution in [0.1, 0.15) is 50.7 Å². The van der Waals surface area contributed by atoms with Gasteiger partial charge in [-0.15, -0.1) is 11.3 Å². The van der Waals surface area contributed by atoms with Crippen LogP contribution < -0.4 is 10.6 Å². The van der Waals surface area contributed by atoms with E-state index < -0.39 is 12.0 Å². The first-order valence-electron chi connectivity index (χ1n) is 11.6. The maximum atomic E-state index is 13.6. The van der Waals surface area contributed by atoms with Crippen molar-refractivity contribution in [2.45, 2.75) is 33.3 Å². The van der Waals surface area contributed by atoms with Crippen molar-refractivity contribution in [2.24, 2.45) is 5.92 Å². The van der Waals surface area contributed by atoms with Gasteiger partial charge in [0.1, 0.15) is 17.7 Å². The predicted octanol–water partition coefficient (Wildman–Crippen LogP) is 3.21. The molecule has 10 heteroatoms. The fourth-order valence-corrected chi connectivity index (χ4v) is 5.20. The van der Waals surface area contributed by atoms with Crippen molar-refractivity contribution in [3.8, 4) is 11.3 Å². The minimum Gasteiger partial charge on any atom is -0.389 e. The van der Waals surface area contributed by atoms with Crippen LogP contribution in [0.5, 0.6) is 0 Å². The highest BCUT2D eigenvalue weighted by atomic mass is 32.1. The third-order valence-corrected chi connectivity index (χ3v) is 6.95. The van der Waals surface area contributed by atoms with E-state index in [-0.39, 0.29) is 24.6 Å². The molecule has 0 bridgehead atoms. The minimum atomic E-state index is -0.760. The molecule has 1 saturated heterocycles. The van der Waals surface area contributed by atoms with Crippen molar-refractivity contribution >= 4 is 28.2 Å². The minimum absolute atomic E-state index is 0.0397. The Kier molecular flexibility index (Phi) is 7.54. The number of aliphatic hydroxyl groups excluding tert-OH is 1. The van der Waals surface area contributed by atoms with Crippen molar-refractivity contribution in [3.05, 3.63) is 57.6 Å². The van der Waals surface area contributed by atoms with Crippen molar-refractivity contribution < 1.29 is 19.5 Å². The average molecular weight is 498 g/mol. The molecule has 0 aliphatic carbocycles. The highest BCUT2D eigenvalue weighted by molar-refractivity contribution is 7.17. The molecule has 0 unspecified atom stereocenters. The summed E-state index contributed by atoms with van der Waals surface area (Å²) in [5.74, 6) is -0.449. The number of aliphatic hydroxyl groups is 1. The van der Waals surface area contributed by atoms with Crippen LogP contribution in [0.3, 0.4) is 0 Å². The standard InChI is InChI=1S/C25H31N5O4S/c1-14(2)11-27-24-21(23(32)26-4)20(25(33)30-12-17(31)13-34-30)19(35-24)10-18-15(3)28-29-22(18)16-8-6-5-7-9-16/h5-9,14,17,27,31H,10-13H2,1-4H3,(H,26,32)(H,28,29)/t17-/m0/s1. The molecule has 35 heavy (non-hydrogen) atoms. The number of aromatic nitrogens is 2. The Morgan fingerprint density at radius 3 is 2.66 bits per heavy atom. The van der Waals surface area contributed by atoms with Gasteiger partial charge in [0, 0.05) is 41.7 Å². The Morgan fingerprint density at radius 1 is 1.29 bits per heavy atom. The van der Waals surface area contributed by atoms with Crippen LogP contribution in [0.4, 0.5) is 5.00 Å².